The van der Waals surface area contributed by atoms with Crippen LogP contribution in [0.4, 0.5) is 4.79 Å². The van der Waals surface area contributed by atoms with Gasteiger partial charge in [-0.15, -0.1) is 12.6 Å². The zero-order valence-electron chi connectivity index (χ0n) is 3.75. The summed E-state index contributed by atoms with van der Waals surface area (Å²) >= 11 is 7.89. The van der Waals surface area contributed by atoms with Crippen LogP contribution in [0.1, 0.15) is 0 Å². The smallest absolute Gasteiger partial charge is 0.333 e. The first kappa shape index (κ1) is 7.51. The molecule has 0 radical (unpaired) electrons. The van der Waals surface area contributed by atoms with E-state index in [9.17, 15) is 4.79 Å². The van der Waals surface area contributed by atoms with Crippen molar-refractivity contribution in [3.05, 3.63) is 0 Å². The molecule has 3 N–H and O–H groups in total. The van der Waals surface area contributed by atoms with Gasteiger partial charge in [-0.05, 0) is 12.2 Å². The van der Waals surface area contributed by atoms with Gasteiger partial charge in [-0.2, -0.15) is 0 Å². The van der Waals surface area contributed by atoms with E-state index in [0.717, 1.165) is 0 Å². The Hall–Kier alpha value is -0.490. The van der Waals surface area contributed by atoms with Crippen molar-refractivity contribution in [1.82, 2.24) is 5.48 Å². The molecule has 0 bridgehead atoms. The number of hydrogen-bond acceptors (Lipinski definition) is 3. The number of rotatable bonds is 0. The maximum atomic E-state index is 9.75. The van der Waals surface area contributed by atoms with Gasteiger partial charge in [0.05, 0.1) is 0 Å². The lowest BCUT2D eigenvalue weighted by molar-refractivity contribution is 0.133. The summed E-state index contributed by atoms with van der Waals surface area (Å²) < 4.78 is 0.0591. The van der Waals surface area contributed by atoms with E-state index in [1.165, 1.54) is 0 Å². The Bertz CT molecular complexity index is 101. The second-order valence-electron chi connectivity index (χ2n) is 0.828. The van der Waals surface area contributed by atoms with Crippen LogP contribution in [-0.2, 0) is 4.84 Å². The van der Waals surface area contributed by atoms with Gasteiger partial charge in [0.1, 0.15) is 0 Å². The molecule has 8 heavy (non-hydrogen) atoms. The molecule has 0 atom stereocenters. The molecule has 6 heteroatoms. The maximum Gasteiger partial charge on any atom is 0.428 e. The Morgan fingerprint density at radius 1 is 1.88 bits per heavy atom. The molecule has 0 aromatic heterocycles. The number of thiocarbonyl (C=S) groups is 1. The molecule has 4 nitrogen and oxygen atoms in total. The van der Waals surface area contributed by atoms with Gasteiger partial charge in [0.2, 0.25) is 0 Å². The number of nitrogens with one attached hydrogen (secondary N) is 1. The normalized spacial score (nSPS) is 7.62. The van der Waals surface area contributed by atoms with Crippen molar-refractivity contribution < 1.29 is 9.63 Å². The van der Waals surface area contributed by atoms with Gasteiger partial charge in [0, 0.05) is 0 Å². The van der Waals surface area contributed by atoms with Crippen LogP contribution in [0.2, 0.25) is 0 Å². The first-order chi connectivity index (χ1) is 3.63. The molecule has 0 heterocycles. The molecule has 0 aliphatic heterocycles. The van der Waals surface area contributed by atoms with E-state index >= 15 is 0 Å². The monoisotopic (exact) mass is 152 g/mol. The average Bonchev–Trinajstić information content (AvgIpc) is 1.61. The molecule has 0 unspecified atom stereocenters. The van der Waals surface area contributed by atoms with Crippen LogP contribution in [-0.4, -0.2) is 10.4 Å². The fourth-order valence-corrected chi connectivity index (χ4v) is 0.181. The fraction of sp³-hybridized carbons (Fsp3) is 0. The third kappa shape index (κ3) is 5.51. The summed E-state index contributed by atoms with van der Waals surface area (Å²) in [7, 11) is 0. The molecular formula is C2H4N2O2S2. The van der Waals surface area contributed by atoms with Gasteiger partial charge in [0.15, 0.2) is 4.32 Å². The van der Waals surface area contributed by atoms with Gasteiger partial charge in [-0.1, -0.05) is 0 Å². The first-order valence-corrected chi connectivity index (χ1v) is 2.43. The van der Waals surface area contributed by atoms with E-state index in [4.69, 9.17) is 0 Å². The number of hydroxylamine groups is 1. The second kappa shape index (κ2) is 3.50. The number of thiol groups is 1. The van der Waals surface area contributed by atoms with Crippen LogP contribution in [0.25, 0.3) is 0 Å². The second-order valence-corrected chi connectivity index (χ2v) is 1.99. The summed E-state index contributed by atoms with van der Waals surface area (Å²) in [6.45, 7) is 0. The number of carbonyl (C=O) groups is 1. The topological polar surface area (TPSA) is 64.4 Å². The van der Waals surface area contributed by atoms with Crippen molar-refractivity contribution in [2.45, 2.75) is 0 Å². The molecular weight excluding hydrogens is 148 g/mol. The van der Waals surface area contributed by atoms with Crippen LogP contribution < -0.4 is 11.2 Å². The van der Waals surface area contributed by atoms with Gasteiger partial charge >= 0.3 is 6.09 Å². The Labute approximate surface area is 56.7 Å². The molecule has 0 aliphatic rings. The van der Waals surface area contributed by atoms with Gasteiger partial charge < -0.3 is 10.6 Å². The third-order valence-corrected chi connectivity index (χ3v) is 0.414. The zero-order valence-corrected chi connectivity index (χ0v) is 5.46. The Balaban J connectivity index is 3.18. The lowest BCUT2D eigenvalue weighted by Gasteiger charge is -1.97. The van der Waals surface area contributed by atoms with Crippen molar-refractivity contribution in [3.63, 3.8) is 0 Å². The van der Waals surface area contributed by atoms with Gasteiger partial charge in [-0.25, -0.2) is 10.3 Å². The predicted octanol–water partition coefficient (Wildman–Crippen LogP) is -0.199. The van der Waals surface area contributed by atoms with Crippen molar-refractivity contribution in [2.24, 2.45) is 5.73 Å². The molecule has 1 amide bonds. The highest BCUT2D eigenvalue weighted by Gasteiger charge is 1.90. The van der Waals surface area contributed by atoms with Crippen molar-refractivity contribution in [3.8, 4) is 0 Å². The molecule has 0 aliphatic carbocycles. The lowest BCUT2D eigenvalue weighted by atomic mass is 11.3. The quantitative estimate of drug-likeness (QED) is 0.255. The van der Waals surface area contributed by atoms with Crippen molar-refractivity contribution >= 4 is 35.3 Å². The minimum atomic E-state index is -0.943. The molecule has 0 saturated heterocycles. The summed E-state index contributed by atoms with van der Waals surface area (Å²) in [5.74, 6) is 0. The molecule has 46 valence electrons. The lowest BCUT2D eigenvalue weighted by Crippen LogP contribution is -2.25. The van der Waals surface area contributed by atoms with Crippen LogP contribution >= 0.6 is 24.8 Å². The largest absolute Gasteiger partial charge is 0.428 e. The van der Waals surface area contributed by atoms with Crippen LogP contribution in [0.15, 0.2) is 0 Å². The number of carbonyl (C=O) groups excluding carboxylic acids is 1. The zero-order chi connectivity index (χ0) is 6.57. The SMILES string of the molecule is NC(=O)ONC(=S)S. The van der Waals surface area contributed by atoms with E-state index in [1.54, 1.807) is 0 Å². The summed E-state index contributed by atoms with van der Waals surface area (Å²) in [6.07, 6.45) is -0.943. The van der Waals surface area contributed by atoms with Crippen LogP contribution in [0.5, 0.6) is 0 Å². The number of hydrogen-bond donors (Lipinski definition) is 3. The summed E-state index contributed by atoms with van der Waals surface area (Å²) in [6, 6.07) is 0. The van der Waals surface area contributed by atoms with E-state index < -0.39 is 6.09 Å². The molecule has 0 aromatic carbocycles. The predicted molar refractivity (Wildman–Crippen MR) is 35.4 cm³/mol. The van der Waals surface area contributed by atoms with E-state index in [1.807, 2.05) is 5.48 Å². The van der Waals surface area contributed by atoms with Crippen LogP contribution in [0, 0.1) is 0 Å². The van der Waals surface area contributed by atoms with Crippen LogP contribution in [0.3, 0.4) is 0 Å². The van der Waals surface area contributed by atoms with E-state index in [2.05, 4.69) is 35.4 Å². The molecule has 0 fully saturated rings. The van der Waals surface area contributed by atoms with E-state index in [-0.39, 0.29) is 4.32 Å². The van der Waals surface area contributed by atoms with Gasteiger partial charge in [-0.3, -0.25) is 0 Å². The fourth-order valence-electron chi connectivity index (χ4n) is 0.0940. The summed E-state index contributed by atoms with van der Waals surface area (Å²) in [5.41, 5.74) is 6.49. The summed E-state index contributed by atoms with van der Waals surface area (Å²) in [5, 5.41) is 0. The highest BCUT2D eigenvalue weighted by Crippen LogP contribution is 1.75. The standard InChI is InChI=1S/C2H4N2O2S2/c3-1(5)6-4-2(7)8/h(H2,3,5)(H2,4,7,8). The number of amides is 1. The van der Waals surface area contributed by atoms with Gasteiger partial charge in [0.25, 0.3) is 0 Å². The summed E-state index contributed by atoms with van der Waals surface area (Å²) in [4.78, 5) is 13.7. The van der Waals surface area contributed by atoms with Crippen molar-refractivity contribution in [2.75, 3.05) is 0 Å². The molecule has 0 spiro atoms. The number of primary amides is 1. The molecule has 0 rings (SSSR count). The minimum Gasteiger partial charge on any atom is -0.333 e. The number of nitrogens with two attached hydrogens (primary N) is 1. The molecule has 0 saturated carbocycles. The Morgan fingerprint density at radius 2 is 2.38 bits per heavy atom. The maximum absolute atomic E-state index is 9.75. The third-order valence-electron chi connectivity index (χ3n) is 0.239. The highest BCUT2D eigenvalue weighted by molar-refractivity contribution is 8.11. The molecule has 0 aromatic rings. The Morgan fingerprint density at radius 3 is 2.50 bits per heavy atom. The Kier molecular flexibility index (Phi) is 3.29. The van der Waals surface area contributed by atoms with Crippen molar-refractivity contribution in [1.29, 1.82) is 0 Å². The highest BCUT2D eigenvalue weighted by atomic mass is 32.1. The first-order valence-electron chi connectivity index (χ1n) is 1.58. The minimum absolute atomic E-state index is 0.0591. The average molecular weight is 152 g/mol. The van der Waals surface area contributed by atoms with E-state index in [0.29, 0.717) is 0 Å².